The number of carbonyl (C=O) groups is 1. The topological polar surface area (TPSA) is 63.7 Å². The van der Waals surface area contributed by atoms with E-state index in [-0.39, 0.29) is 23.3 Å². The van der Waals surface area contributed by atoms with Crippen molar-refractivity contribution < 1.29 is 17.9 Å². The van der Waals surface area contributed by atoms with E-state index in [1.165, 1.54) is 28.9 Å². The summed E-state index contributed by atoms with van der Waals surface area (Å²) in [6.45, 7) is 4.51. The molecule has 6 heteroatoms. The van der Waals surface area contributed by atoms with Gasteiger partial charge >= 0.3 is 0 Å². The molecule has 0 bridgehead atoms. The van der Waals surface area contributed by atoms with Gasteiger partial charge in [0.1, 0.15) is 0 Å². The van der Waals surface area contributed by atoms with Crippen LogP contribution in [-0.4, -0.2) is 38.2 Å². The fraction of sp³-hybridized carbons (Fsp3) is 0.350. The Balaban J connectivity index is 1.80. The van der Waals surface area contributed by atoms with E-state index in [1.54, 1.807) is 12.1 Å². The van der Waals surface area contributed by atoms with Crippen molar-refractivity contribution >= 4 is 15.8 Å². The predicted molar refractivity (Wildman–Crippen MR) is 99.7 cm³/mol. The smallest absolute Gasteiger partial charge is 0.243 e. The van der Waals surface area contributed by atoms with Gasteiger partial charge in [0.15, 0.2) is 5.78 Å². The summed E-state index contributed by atoms with van der Waals surface area (Å²) in [7, 11) is -3.62. The molecule has 0 radical (unpaired) electrons. The molecular weight excluding hydrogens is 350 g/mol. The summed E-state index contributed by atoms with van der Waals surface area (Å²) in [5.74, 6) is -0.0871. The summed E-state index contributed by atoms with van der Waals surface area (Å²) in [4.78, 5) is 11.6. The Hall–Kier alpha value is -2.02. The van der Waals surface area contributed by atoms with E-state index < -0.39 is 10.0 Å². The molecule has 2 aromatic rings. The van der Waals surface area contributed by atoms with E-state index in [0.29, 0.717) is 18.7 Å². The summed E-state index contributed by atoms with van der Waals surface area (Å²) in [5, 5.41) is 0. The number of morpholine rings is 1. The SMILES string of the molecule is CCc1ccc(C2CN(S(=O)(=O)c3ccc(C(C)=O)cc3)CCO2)cc1. The van der Waals surface area contributed by atoms with E-state index >= 15 is 0 Å². The third kappa shape index (κ3) is 3.87. The first-order valence-corrected chi connectivity index (χ1v) is 10.2. The molecule has 3 rings (SSSR count). The molecular formula is C20H23NO4S. The third-order valence-electron chi connectivity index (χ3n) is 4.69. The lowest BCUT2D eigenvalue weighted by molar-refractivity contribution is -0.00256. The maximum Gasteiger partial charge on any atom is 0.243 e. The molecule has 1 saturated heterocycles. The van der Waals surface area contributed by atoms with Gasteiger partial charge in [0.05, 0.1) is 17.6 Å². The van der Waals surface area contributed by atoms with Gasteiger partial charge in [-0.1, -0.05) is 43.3 Å². The number of benzene rings is 2. The van der Waals surface area contributed by atoms with Crippen LogP contribution in [0.2, 0.25) is 0 Å². The second-order valence-electron chi connectivity index (χ2n) is 6.40. The Morgan fingerprint density at radius 3 is 2.35 bits per heavy atom. The number of aryl methyl sites for hydroxylation is 1. The number of rotatable bonds is 5. The first kappa shape index (κ1) is 18.8. The maximum atomic E-state index is 12.9. The van der Waals surface area contributed by atoms with Gasteiger partial charge in [0.25, 0.3) is 0 Å². The van der Waals surface area contributed by atoms with Crippen molar-refractivity contribution in [3.05, 3.63) is 65.2 Å². The van der Waals surface area contributed by atoms with Crippen molar-refractivity contribution in [3.8, 4) is 0 Å². The standard InChI is InChI=1S/C20H23NO4S/c1-3-16-4-6-18(7-5-16)20-14-21(12-13-25-20)26(23,24)19-10-8-17(9-11-19)15(2)22/h4-11,20H,3,12-14H2,1-2H3. The zero-order valence-corrected chi connectivity index (χ0v) is 15.8. The monoisotopic (exact) mass is 373 g/mol. The first-order valence-electron chi connectivity index (χ1n) is 8.73. The second-order valence-corrected chi connectivity index (χ2v) is 8.34. The van der Waals surface area contributed by atoms with Crippen molar-refractivity contribution in [2.24, 2.45) is 0 Å². The van der Waals surface area contributed by atoms with E-state index in [9.17, 15) is 13.2 Å². The average molecular weight is 373 g/mol. The molecule has 0 aromatic heterocycles. The van der Waals surface area contributed by atoms with E-state index in [2.05, 4.69) is 6.92 Å². The molecule has 0 amide bonds. The van der Waals surface area contributed by atoms with Crippen molar-refractivity contribution in [1.82, 2.24) is 4.31 Å². The second kappa shape index (κ2) is 7.70. The van der Waals surface area contributed by atoms with Gasteiger partial charge in [-0.05, 0) is 36.6 Å². The van der Waals surface area contributed by atoms with Gasteiger partial charge in [0.2, 0.25) is 10.0 Å². The van der Waals surface area contributed by atoms with Crippen molar-refractivity contribution in [2.75, 3.05) is 19.7 Å². The molecule has 2 aromatic carbocycles. The molecule has 1 heterocycles. The number of ketones is 1. The fourth-order valence-electron chi connectivity index (χ4n) is 3.02. The fourth-order valence-corrected chi connectivity index (χ4v) is 4.45. The maximum absolute atomic E-state index is 12.9. The van der Waals surface area contributed by atoms with E-state index in [0.717, 1.165) is 12.0 Å². The molecule has 1 atom stereocenters. The summed E-state index contributed by atoms with van der Waals surface area (Å²) in [6, 6.07) is 14.2. The molecule has 1 unspecified atom stereocenters. The quantitative estimate of drug-likeness (QED) is 0.755. The van der Waals surface area contributed by atoms with Gasteiger partial charge in [0, 0.05) is 18.7 Å². The molecule has 0 aliphatic carbocycles. The van der Waals surface area contributed by atoms with Crippen LogP contribution >= 0.6 is 0 Å². The summed E-state index contributed by atoms with van der Waals surface area (Å²) < 4.78 is 33.1. The van der Waals surface area contributed by atoms with Gasteiger partial charge in [-0.25, -0.2) is 8.42 Å². The number of carbonyl (C=O) groups excluding carboxylic acids is 1. The average Bonchev–Trinajstić information content (AvgIpc) is 2.68. The lowest BCUT2D eigenvalue weighted by atomic mass is 10.1. The van der Waals surface area contributed by atoms with Crippen molar-refractivity contribution in [3.63, 3.8) is 0 Å². The van der Waals surface area contributed by atoms with Crippen LogP contribution in [0.5, 0.6) is 0 Å². The highest BCUT2D eigenvalue weighted by molar-refractivity contribution is 7.89. The molecule has 0 saturated carbocycles. The van der Waals surface area contributed by atoms with E-state index in [1.807, 2.05) is 24.3 Å². The molecule has 5 nitrogen and oxygen atoms in total. The Kier molecular flexibility index (Phi) is 5.55. The minimum atomic E-state index is -3.62. The zero-order valence-electron chi connectivity index (χ0n) is 15.0. The lowest BCUT2D eigenvalue weighted by Crippen LogP contribution is -2.42. The van der Waals surface area contributed by atoms with Crippen LogP contribution in [0.15, 0.2) is 53.4 Å². The Morgan fingerprint density at radius 1 is 1.12 bits per heavy atom. The van der Waals surface area contributed by atoms with E-state index in [4.69, 9.17) is 4.74 Å². The van der Waals surface area contributed by atoms with Crippen molar-refractivity contribution in [1.29, 1.82) is 0 Å². The van der Waals surface area contributed by atoms with Crippen LogP contribution in [0, 0.1) is 0 Å². The number of nitrogens with zero attached hydrogens (tertiary/aromatic N) is 1. The Morgan fingerprint density at radius 2 is 1.77 bits per heavy atom. The first-order chi connectivity index (χ1) is 12.4. The number of hydrogen-bond donors (Lipinski definition) is 0. The third-order valence-corrected chi connectivity index (χ3v) is 6.57. The van der Waals surface area contributed by atoms with Crippen LogP contribution in [0.25, 0.3) is 0 Å². The number of Topliss-reactive ketones (excluding diaryl/α,β-unsaturated/α-hetero) is 1. The normalized spacial score (nSPS) is 18.6. The predicted octanol–water partition coefficient (Wildman–Crippen LogP) is 3.21. The molecule has 138 valence electrons. The van der Waals surface area contributed by atoms with Crippen LogP contribution in [0.1, 0.15) is 41.4 Å². The van der Waals surface area contributed by atoms with Gasteiger partial charge in [-0.15, -0.1) is 0 Å². The number of ether oxygens (including phenoxy) is 1. The number of sulfonamides is 1. The highest BCUT2D eigenvalue weighted by atomic mass is 32.2. The highest BCUT2D eigenvalue weighted by Crippen LogP contribution is 2.27. The van der Waals surface area contributed by atoms with Crippen LogP contribution < -0.4 is 0 Å². The van der Waals surface area contributed by atoms with Crippen LogP contribution in [0.3, 0.4) is 0 Å². The molecule has 1 fully saturated rings. The Labute approximate surface area is 154 Å². The van der Waals surface area contributed by atoms with Crippen LogP contribution in [0.4, 0.5) is 0 Å². The molecule has 26 heavy (non-hydrogen) atoms. The van der Waals surface area contributed by atoms with Crippen molar-refractivity contribution in [2.45, 2.75) is 31.3 Å². The number of hydrogen-bond acceptors (Lipinski definition) is 4. The summed E-state index contributed by atoms with van der Waals surface area (Å²) in [5.41, 5.74) is 2.72. The summed E-state index contributed by atoms with van der Waals surface area (Å²) in [6.07, 6.45) is 0.684. The molecule has 1 aliphatic rings. The van der Waals surface area contributed by atoms with Crippen LogP contribution in [-0.2, 0) is 21.2 Å². The van der Waals surface area contributed by atoms with Gasteiger partial charge in [-0.2, -0.15) is 4.31 Å². The molecule has 1 aliphatic heterocycles. The highest BCUT2D eigenvalue weighted by Gasteiger charge is 2.31. The minimum Gasteiger partial charge on any atom is -0.371 e. The minimum absolute atomic E-state index is 0.0871. The molecule has 0 N–H and O–H groups in total. The summed E-state index contributed by atoms with van der Waals surface area (Å²) >= 11 is 0. The van der Waals surface area contributed by atoms with Gasteiger partial charge in [-0.3, -0.25) is 4.79 Å². The molecule has 0 spiro atoms. The largest absolute Gasteiger partial charge is 0.371 e. The van der Waals surface area contributed by atoms with Gasteiger partial charge < -0.3 is 4.74 Å². The lowest BCUT2D eigenvalue weighted by Gasteiger charge is -2.32. The Bertz CT molecular complexity index is 873. The zero-order chi connectivity index (χ0) is 18.7.